The number of thiazole rings is 1. The van der Waals surface area contributed by atoms with Crippen LogP contribution in [-0.4, -0.2) is 54.5 Å². The van der Waals surface area contributed by atoms with E-state index in [1.807, 2.05) is 19.1 Å². The van der Waals surface area contributed by atoms with Crippen LogP contribution in [0.2, 0.25) is 5.02 Å². The summed E-state index contributed by atoms with van der Waals surface area (Å²) in [5.74, 6) is 1.23. The highest BCUT2D eigenvalue weighted by Gasteiger charge is 2.20. The van der Waals surface area contributed by atoms with E-state index in [1.165, 1.54) is 44.3 Å². The van der Waals surface area contributed by atoms with E-state index in [0.717, 1.165) is 15.8 Å². The minimum atomic E-state index is -0.358. The molecule has 0 radical (unpaired) electrons. The van der Waals surface area contributed by atoms with Crippen LogP contribution >= 0.6 is 22.9 Å². The Morgan fingerprint density at radius 1 is 0.929 bits per heavy atom. The van der Waals surface area contributed by atoms with Crippen molar-refractivity contribution in [3.05, 3.63) is 65.2 Å². The molecular formula is C30H27ClN4O6S. The third-order valence-corrected chi connectivity index (χ3v) is 7.58. The number of ether oxygens (including phenoxy) is 4. The number of halogens is 1. The minimum absolute atomic E-state index is 0.233. The zero-order valence-corrected chi connectivity index (χ0v) is 25.1. The van der Waals surface area contributed by atoms with Gasteiger partial charge in [-0.1, -0.05) is 35.1 Å². The zero-order valence-electron chi connectivity index (χ0n) is 23.5. The summed E-state index contributed by atoms with van der Waals surface area (Å²) < 4.78 is 24.5. The fourth-order valence-electron chi connectivity index (χ4n) is 4.36. The monoisotopic (exact) mass is 606 g/mol. The van der Waals surface area contributed by atoms with Gasteiger partial charge in [0.1, 0.15) is 5.75 Å². The summed E-state index contributed by atoms with van der Waals surface area (Å²) in [6, 6.07) is 16.2. The van der Waals surface area contributed by atoms with Crippen LogP contribution in [0.15, 0.2) is 54.6 Å². The molecule has 10 nitrogen and oxygen atoms in total. The summed E-state index contributed by atoms with van der Waals surface area (Å²) in [5.41, 5.74) is 3.99. The molecule has 12 heteroatoms. The lowest BCUT2D eigenvalue weighted by molar-refractivity contribution is -0.118. The van der Waals surface area contributed by atoms with E-state index in [2.05, 4.69) is 15.4 Å². The molecule has 0 spiro atoms. The van der Waals surface area contributed by atoms with E-state index < -0.39 is 0 Å². The SMILES string of the molecule is COc1cc(-c2cc(-c3ccc(C)c(OCC(=O)Nc4nc5ccc(Cl)cc5s4)c3)n(C(C)=O)n2)cc(OC)c1OC. The number of hydrogen-bond acceptors (Lipinski definition) is 9. The van der Waals surface area contributed by atoms with Gasteiger partial charge in [-0.2, -0.15) is 9.78 Å². The lowest BCUT2D eigenvalue weighted by Crippen LogP contribution is -2.20. The predicted molar refractivity (Wildman–Crippen MR) is 163 cm³/mol. The van der Waals surface area contributed by atoms with Gasteiger partial charge in [-0.05, 0) is 55.0 Å². The summed E-state index contributed by atoms with van der Waals surface area (Å²) in [4.78, 5) is 29.7. The molecule has 0 atom stereocenters. The van der Waals surface area contributed by atoms with Crippen molar-refractivity contribution in [2.75, 3.05) is 33.3 Å². The Balaban J connectivity index is 1.40. The number of carbonyl (C=O) groups is 2. The molecule has 0 saturated heterocycles. The van der Waals surface area contributed by atoms with E-state index in [0.29, 0.717) is 55.7 Å². The van der Waals surface area contributed by atoms with Gasteiger partial charge in [0.2, 0.25) is 11.7 Å². The second kappa shape index (κ2) is 12.1. The van der Waals surface area contributed by atoms with Gasteiger partial charge in [-0.25, -0.2) is 4.98 Å². The molecule has 0 aliphatic carbocycles. The van der Waals surface area contributed by atoms with Crippen molar-refractivity contribution in [1.29, 1.82) is 0 Å². The summed E-state index contributed by atoms with van der Waals surface area (Å²) >= 11 is 7.38. The molecule has 0 bridgehead atoms. The molecule has 3 aromatic carbocycles. The zero-order chi connectivity index (χ0) is 30.0. The number of carbonyl (C=O) groups excluding carboxylic acids is 2. The van der Waals surface area contributed by atoms with Gasteiger partial charge in [0.05, 0.1) is 42.9 Å². The van der Waals surface area contributed by atoms with Crippen molar-refractivity contribution in [2.45, 2.75) is 13.8 Å². The maximum absolute atomic E-state index is 12.7. The number of nitrogens with one attached hydrogen (secondary N) is 1. The first-order valence-electron chi connectivity index (χ1n) is 12.7. The Labute approximate surface area is 250 Å². The van der Waals surface area contributed by atoms with Crippen molar-refractivity contribution in [1.82, 2.24) is 14.8 Å². The predicted octanol–water partition coefficient (Wildman–Crippen LogP) is 6.49. The second-order valence-corrected chi connectivity index (χ2v) is 10.7. The summed E-state index contributed by atoms with van der Waals surface area (Å²) in [6.07, 6.45) is 0. The van der Waals surface area contributed by atoms with Crippen LogP contribution in [0.3, 0.4) is 0 Å². The Bertz CT molecular complexity index is 1790. The van der Waals surface area contributed by atoms with Crippen LogP contribution in [0.4, 0.5) is 5.13 Å². The summed E-state index contributed by atoms with van der Waals surface area (Å²) in [7, 11) is 4.59. The third-order valence-electron chi connectivity index (χ3n) is 6.41. The minimum Gasteiger partial charge on any atom is -0.493 e. The fraction of sp³-hybridized carbons (Fsp3) is 0.200. The van der Waals surface area contributed by atoms with E-state index in [1.54, 1.807) is 42.5 Å². The Kier molecular flexibility index (Phi) is 8.32. The molecule has 0 fully saturated rings. The highest BCUT2D eigenvalue weighted by atomic mass is 35.5. The number of amides is 1. The van der Waals surface area contributed by atoms with Gasteiger partial charge in [-0.3, -0.25) is 14.9 Å². The molecule has 0 aliphatic rings. The highest BCUT2D eigenvalue weighted by Crippen LogP contribution is 2.41. The molecule has 0 unspecified atom stereocenters. The van der Waals surface area contributed by atoms with Gasteiger partial charge in [-0.15, -0.1) is 0 Å². The lowest BCUT2D eigenvalue weighted by Gasteiger charge is -2.13. The standard InChI is InChI=1S/C30H27ClN4O6S/c1-16-6-7-18(10-24(16)41-15-28(37)33-30-32-21-9-8-20(31)13-27(21)42-30)23-14-22(34-35(23)17(2)36)19-11-25(38-3)29(40-5)26(12-19)39-4/h6-14H,15H2,1-5H3,(H,32,33,37). The number of fused-ring (bicyclic) bond motifs is 1. The molecule has 1 amide bonds. The molecule has 42 heavy (non-hydrogen) atoms. The van der Waals surface area contributed by atoms with Crippen molar-refractivity contribution >= 4 is 50.1 Å². The highest BCUT2D eigenvalue weighted by molar-refractivity contribution is 7.22. The maximum atomic E-state index is 12.7. The molecule has 1 N–H and O–H groups in total. The second-order valence-electron chi connectivity index (χ2n) is 9.21. The lowest BCUT2D eigenvalue weighted by atomic mass is 10.1. The average molecular weight is 607 g/mol. The molecule has 2 heterocycles. The number of aromatic nitrogens is 3. The quantitative estimate of drug-likeness (QED) is 0.202. The normalized spacial score (nSPS) is 10.9. The number of benzene rings is 3. The van der Waals surface area contributed by atoms with Gasteiger partial charge in [0.15, 0.2) is 23.2 Å². The Morgan fingerprint density at radius 3 is 2.31 bits per heavy atom. The van der Waals surface area contributed by atoms with Crippen molar-refractivity contribution in [3.63, 3.8) is 0 Å². The summed E-state index contributed by atoms with van der Waals surface area (Å²) in [6.45, 7) is 3.07. The largest absolute Gasteiger partial charge is 0.493 e. The molecule has 2 aromatic heterocycles. The first-order chi connectivity index (χ1) is 20.2. The van der Waals surface area contributed by atoms with Crippen LogP contribution in [0.25, 0.3) is 32.7 Å². The number of hydrogen-bond donors (Lipinski definition) is 1. The number of aryl methyl sites for hydroxylation is 1. The van der Waals surface area contributed by atoms with E-state index in [9.17, 15) is 9.59 Å². The number of anilines is 1. The fourth-order valence-corrected chi connectivity index (χ4v) is 5.52. The average Bonchev–Trinajstić information content (AvgIpc) is 3.60. The van der Waals surface area contributed by atoms with Gasteiger partial charge >= 0.3 is 0 Å². The van der Waals surface area contributed by atoms with Crippen LogP contribution in [0, 0.1) is 6.92 Å². The van der Waals surface area contributed by atoms with E-state index in [4.69, 9.17) is 30.5 Å². The van der Waals surface area contributed by atoms with Crippen LogP contribution in [0.5, 0.6) is 23.0 Å². The van der Waals surface area contributed by atoms with Gasteiger partial charge in [0, 0.05) is 23.1 Å². The maximum Gasteiger partial charge on any atom is 0.264 e. The number of methoxy groups -OCH3 is 3. The van der Waals surface area contributed by atoms with Crippen LogP contribution < -0.4 is 24.3 Å². The molecule has 0 aliphatic heterocycles. The molecule has 5 aromatic rings. The first-order valence-corrected chi connectivity index (χ1v) is 13.9. The smallest absolute Gasteiger partial charge is 0.264 e. The Morgan fingerprint density at radius 2 is 1.64 bits per heavy atom. The topological polar surface area (TPSA) is 114 Å². The number of nitrogens with zero attached hydrogens (tertiary/aromatic N) is 3. The third kappa shape index (κ3) is 5.88. The van der Waals surface area contributed by atoms with Gasteiger partial charge in [0.25, 0.3) is 5.91 Å². The number of rotatable bonds is 9. The van der Waals surface area contributed by atoms with E-state index >= 15 is 0 Å². The van der Waals surface area contributed by atoms with Crippen LogP contribution in [0.1, 0.15) is 17.3 Å². The van der Waals surface area contributed by atoms with E-state index in [-0.39, 0.29) is 18.4 Å². The van der Waals surface area contributed by atoms with Crippen molar-refractivity contribution in [3.8, 4) is 45.5 Å². The van der Waals surface area contributed by atoms with Gasteiger partial charge < -0.3 is 18.9 Å². The van der Waals surface area contributed by atoms with Crippen LogP contribution in [-0.2, 0) is 4.79 Å². The van der Waals surface area contributed by atoms with Crippen molar-refractivity contribution < 1.29 is 28.5 Å². The Hall–Kier alpha value is -4.61. The first kappa shape index (κ1) is 28.9. The molecule has 0 saturated carbocycles. The molecular weight excluding hydrogens is 580 g/mol. The molecule has 5 rings (SSSR count). The van der Waals surface area contributed by atoms with Crippen molar-refractivity contribution in [2.24, 2.45) is 0 Å². The molecule has 216 valence electrons. The summed E-state index contributed by atoms with van der Waals surface area (Å²) in [5, 5.41) is 8.38.